The number of amides is 2. The molecule has 9 heteroatoms. The molecule has 2 aromatic carbocycles. The first-order chi connectivity index (χ1) is 16.8. The van der Waals surface area contributed by atoms with Crippen LogP contribution in [0.4, 0.5) is 13.6 Å². The first-order valence-electron chi connectivity index (χ1n) is 11.7. The Morgan fingerprint density at radius 2 is 1.57 bits per heavy atom. The van der Waals surface area contributed by atoms with E-state index in [9.17, 15) is 23.2 Å². The van der Waals surface area contributed by atoms with Gasteiger partial charge in [-0.3, -0.25) is 9.59 Å². The highest BCUT2D eigenvalue weighted by atomic mass is 19.3. The molecular weight excluding hydrogens is 458 g/mol. The van der Waals surface area contributed by atoms with Crippen LogP contribution in [0.1, 0.15) is 49.1 Å². The zero-order valence-electron chi connectivity index (χ0n) is 19.1. The van der Waals surface area contributed by atoms with E-state index < -0.39 is 42.3 Å². The molecule has 2 amide bonds. The van der Waals surface area contributed by atoms with Crippen molar-refractivity contribution in [3.05, 3.63) is 59.7 Å². The Labute approximate surface area is 201 Å². The summed E-state index contributed by atoms with van der Waals surface area (Å²) >= 11 is 0. The number of alkyl carbamates (subject to hydrolysis) is 1. The summed E-state index contributed by atoms with van der Waals surface area (Å²) < 4.78 is 32.0. The van der Waals surface area contributed by atoms with Crippen molar-refractivity contribution in [2.24, 2.45) is 5.41 Å². The van der Waals surface area contributed by atoms with Crippen LogP contribution in [0.3, 0.4) is 0 Å². The molecule has 1 atom stereocenters. The van der Waals surface area contributed by atoms with Gasteiger partial charge in [-0.1, -0.05) is 61.4 Å². The third-order valence-electron chi connectivity index (χ3n) is 6.97. The first kappa shape index (κ1) is 24.6. The van der Waals surface area contributed by atoms with Crippen molar-refractivity contribution < 1.29 is 33.0 Å². The second-order valence-electron chi connectivity index (χ2n) is 9.18. The SMILES string of the molecule is O=C(O)CC(NC(=O)C1(CNC(=O)OCC2c3ccccc3-c3ccccc32)CCCC1)C(F)F. The Morgan fingerprint density at radius 1 is 1.00 bits per heavy atom. The van der Waals surface area contributed by atoms with Gasteiger partial charge in [0.1, 0.15) is 12.6 Å². The second kappa shape index (κ2) is 10.4. The molecule has 35 heavy (non-hydrogen) atoms. The zero-order valence-corrected chi connectivity index (χ0v) is 19.1. The smallest absolute Gasteiger partial charge is 0.407 e. The van der Waals surface area contributed by atoms with Crippen molar-refractivity contribution in [3.63, 3.8) is 0 Å². The molecule has 2 aliphatic carbocycles. The van der Waals surface area contributed by atoms with Crippen LogP contribution < -0.4 is 10.6 Å². The van der Waals surface area contributed by atoms with Crippen LogP contribution >= 0.6 is 0 Å². The van der Waals surface area contributed by atoms with Gasteiger partial charge in [0.15, 0.2) is 0 Å². The molecule has 0 saturated heterocycles. The standard InChI is InChI=1S/C26H28F2N2O5/c27-23(28)21(13-22(31)32)30-24(33)26(11-5-6-12-26)15-29-25(34)35-14-20-18-9-3-1-7-16(18)17-8-2-4-10-19(17)20/h1-4,7-10,20-21,23H,5-6,11-15H2,(H,29,34)(H,30,33)(H,31,32). The lowest BCUT2D eigenvalue weighted by Crippen LogP contribution is -2.52. The van der Waals surface area contributed by atoms with E-state index >= 15 is 0 Å². The summed E-state index contributed by atoms with van der Waals surface area (Å²) in [6.07, 6.45) is -2.35. The average molecular weight is 487 g/mol. The van der Waals surface area contributed by atoms with Crippen LogP contribution in [-0.4, -0.2) is 48.7 Å². The highest BCUT2D eigenvalue weighted by molar-refractivity contribution is 5.85. The highest BCUT2D eigenvalue weighted by Crippen LogP contribution is 2.44. The molecule has 0 aliphatic heterocycles. The van der Waals surface area contributed by atoms with Crippen LogP contribution in [-0.2, 0) is 14.3 Å². The number of nitrogens with one attached hydrogen (secondary N) is 2. The number of carboxylic acids is 1. The number of hydrogen-bond donors (Lipinski definition) is 3. The number of benzene rings is 2. The van der Waals surface area contributed by atoms with Gasteiger partial charge in [0.25, 0.3) is 6.43 Å². The molecule has 1 unspecified atom stereocenters. The summed E-state index contributed by atoms with van der Waals surface area (Å²) in [5, 5.41) is 13.7. The molecule has 0 radical (unpaired) electrons. The quantitative estimate of drug-likeness (QED) is 0.490. The Morgan fingerprint density at radius 3 is 2.11 bits per heavy atom. The topological polar surface area (TPSA) is 105 Å². The number of ether oxygens (including phenoxy) is 1. The summed E-state index contributed by atoms with van der Waals surface area (Å²) in [4.78, 5) is 36.3. The normalized spacial score (nSPS) is 16.9. The number of aliphatic carboxylic acids is 1. The number of rotatable bonds is 9. The summed E-state index contributed by atoms with van der Waals surface area (Å²) in [6.45, 7) is 0.0453. The second-order valence-corrected chi connectivity index (χ2v) is 9.18. The van der Waals surface area contributed by atoms with Gasteiger partial charge < -0.3 is 20.5 Å². The summed E-state index contributed by atoms with van der Waals surface area (Å²) in [6, 6.07) is 14.1. The summed E-state index contributed by atoms with van der Waals surface area (Å²) in [5.74, 6) is -2.20. The fourth-order valence-electron chi connectivity index (χ4n) is 5.14. The van der Waals surface area contributed by atoms with Crippen LogP contribution in [0.15, 0.2) is 48.5 Å². The van der Waals surface area contributed by atoms with E-state index in [0.29, 0.717) is 25.7 Å². The van der Waals surface area contributed by atoms with Gasteiger partial charge in [-0.05, 0) is 35.1 Å². The molecule has 3 N–H and O–H groups in total. The zero-order chi connectivity index (χ0) is 25.0. The Balaban J connectivity index is 1.37. The summed E-state index contributed by atoms with van der Waals surface area (Å²) in [7, 11) is 0. The Kier molecular flexibility index (Phi) is 7.33. The maximum absolute atomic E-state index is 13.2. The molecule has 0 bridgehead atoms. The molecule has 2 aromatic rings. The maximum Gasteiger partial charge on any atom is 0.407 e. The van der Waals surface area contributed by atoms with E-state index in [4.69, 9.17) is 9.84 Å². The minimum atomic E-state index is -3.01. The van der Waals surface area contributed by atoms with Crippen LogP contribution in [0, 0.1) is 5.41 Å². The van der Waals surface area contributed by atoms with Gasteiger partial charge >= 0.3 is 12.1 Å². The van der Waals surface area contributed by atoms with Gasteiger partial charge in [0, 0.05) is 12.5 Å². The maximum atomic E-state index is 13.2. The van der Waals surface area contributed by atoms with Gasteiger partial charge in [0.2, 0.25) is 5.91 Å². The lowest BCUT2D eigenvalue weighted by Gasteiger charge is -2.30. The van der Waals surface area contributed by atoms with E-state index in [0.717, 1.165) is 22.3 Å². The van der Waals surface area contributed by atoms with E-state index in [1.54, 1.807) is 0 Å². The highest BCUT2D eigenvalue weighted by Gasteiger charge is 2.43. The number of hydrogen-bond acceptors (Lipinski definition) is 4. The number of carboxylic acid groups (broad SMARTS) is 1. The number of carbonyl (C=O) groups excluding carboxylic acids is 2. The lowest BCUT2D eigenvalue weighted by atomic mass is 9.84. The fraction of sp³-hybridized carbons (Fsp3) is 0.423. The molecule has 7 nitrogen and oxygen atoms in total. The van der Waals surface area contributed by atoms with E-state index in [2.05, 4.69) is 10.6 Å². The number of carbonyl (C=O) groups is 3. The average Bonchev–Trinajstić information content (AvgIpc) is 3.44. The Hall–Kier alpha value is -3.49. The van der Waals surface area contributed by atoms with E-state index in [1.165, 1.54) is 0 Å². The van der Waals surface area contributed by atoms with Crippen molar-refractivity contribution in [3.8, 4) is 11.1 Å². The minimum absolute atomic E-state index is 0.0709. The molecular formula is C26H28F2N2O5. The molecule has 1 saturated carbocycles. The predicted molar refractivity (Wildman–Crippen MR) is 124 cm³/mol. The van der Waals surface area contributed by atoms with E-state index in [1.807, 2.05) is 48.5 Å². The van der Waals surface area contributed by atoms with Gasteiger partial charge in [-0.15, -0.1) is 0 Å². The third kappa shape index (κ3) is 5.28. The van der Waals surface area contributed by atoms with E-state index in [-0.39, 0.29) is 19.1 Å². The number of fused-ring (bicyclic) bond motifs is 3. The van der Waals surface area contributed by atoms with Crippen molar-refractivity contribution in [1.82, 2.24) is 10.6 Å². The van der Waals surface area contributed by atoms with Crippen molar-refractivity contribution in [1.29, 1.82) is 0 Å². The van der Waals surface area contributed by atoms with Gasteiger partial charge in [-0.2, -0.15) is 0 Å². The molecule has 0 heterocycles. The fourth-order valence-corrected chi connectivity index (χ4v) is 5.14. The minimum Gasteiger partial charge on any atom is -0.481 e. The van der Waals surface area contributed by atoms with Gasteiger partial charge in [-0.25, -0.2) is 13.6 Å². The largest absolute Gasteiger partial charge is 0.481 e. The van der Waals surface area contributed by atoms with Crippen LogP contribution in [0.5, 0.6) is 0 Å². The number of halogens is 2. The molecule has 4 rings (SSSR count). The molecule has 186 valence electrons. The molecule has 1 fully saturated rings. The predicted octanol–water partition coefficient (Wildman–Crippen LogP) is 4.31. The monoisotopic (exact) mass is 486 g/mol. The molecule has 0 aromatic heterocycles. The Bertz CT molecular complexity index is 1060. The van der Waals surface area contributed by atoms with Gasteiger partial charge in [0.05, 0.1) is 11.8 Å². The van der Waals surface area contributed by atoms with Crippen molar-refractivity contribution >= 4 is 18.0 Å². The lowest BCUT2D eigenvalue weighted by molar-refractivity contribution is -0.140. The van der Waals surface area contributed by atoms with Crippen molar-refractivity contribution in [2.45, 2.75) is 50.5 Å². The first-order valence-corrected chi connectivity index (χ1v) is 11.7. The molecule has 0 spiro atoms. The molecule has 2 aliphatic rings. The van der Waals surface area contributed by atoms with Crippen LogP contribution in [0.2, 0.25) is 0 Å². The summed E-state index contributed by atoms with van der Waals surface area (Å²) in [5.41, 5.74) is 3.29. The number of alkyl halides is 2. The third-order valence-corrected chi connectivity index (χ3v) is 6.97. The van der Waals surface area contributed by atoms with Crippen molar-refractivity contribution in [2.75, 3.05) is 13.2 Å². The van der Waals surface area contributed by atoms with Crippen LogP contribution in [0.25, 0.3) is 11.1 Å².